The Bertz CT molecular complexity index is 1140. The fourth-order valence-corrected chi connectivity index (χ4v) is 4.42. The number of benzene rings is 1. The van der Waals surface area contributed by atoms with E-state index in [1.54, 1.807) is 23.1 Å². The van der Waals surface area contributed by atoms with Crippen LogP contribution in [0.15, 0.2) is 30.3 Å². The largest absolute Gasteiger partial charge is 0.433 e. The maximum atomic E-state index is 13.0. The second-order valence-corrected chi connectivity index (χ2v) is 8.09. The number of fused-ring (bicyclic) bond motifs is 1. The van der Waals surface area contributed by atoms with Gasteiger partial charge in [-0.3, -0.25) is 4.79 Å². The molecular formula is C21H18Cl2F3N3O2. The molecule has 31 heavy (non-hydrogen) atoms. The van der Waals surface area contributed by atoms with Crippen LogP contribution in [0, 0.1) is 0 Å². The summed E-state index contributed by atoms with van der Waals surface area (Å²) >= 11 is 13.0. The molecule has 1 atom stereocenters. The van der Waals surface area contributed by atoms with Gasteiger partial charge in [-0.15, -0.1) is 0 Å². The first-order valence-corrected chi connectivity index (χ1v) is 10.3. The average Bonchev–Trinajstić information content (AvgIpc) is 3.17. The first-order valence-electron chi connectivity index (χ1n) is 9.58. The van der Waals surface area contributed by atoms with E-state index in [-0.39, 0.29) is 16.4 Å². The van der Waals surface area contributed by atoms with Gasteiger partial charge >= 0.3 is 6.18 Å². The van der Waals surface area contributed by atoms with E-state index in [0.717, 1.165) is 6.07 Å². The van der Waals surface area contributed by atoms with Crippen molar-refractivity contribution in [2.24, 2.45) is 0 Å². The van der Waals surface area contributed by atoms with E-state index in [1.165, 1.54) is 6.07 Å². The molecule has 1 saturated heterocycles. The van der Waals surface area contributed by atoms with Gasteiger partial charge in [0.1, 0.15) is 5.69 Å². The molecule has 0 aliphatic carbocycles. The summed E-state index contributed by atoms with van der Waals surface area (Å²) in [6, 6.07) is 6.99. The fourth-order valence-electron chi connectivity index (χ4n) is 3.64. The molecule has 1 aliphatic rings. The summed E-state index contributed by atoms with van der Waals surface area (Å²) in [5.41, 5.74) is 1.11. The maximum absolute atomic E-state index is 13.0. The van der Waals surface area contributed by atoms with Gasteiger partial charge in [0.15, 0.2) is 0 Å². The average molecular weight is 472 g/mol. The van der Waals surface area contributed by atoms with Crippen molar-refractivity contribution in [3.8, 4) is 0 Å². The minimum atomic E-state index is -4.53. The number of ether oxygens (including phenoxy) is 1. The van der Waals surface area contributed by atoms with Crippen molar-refractivity contribution in [2.45, 2.75) is 19.0 Å². The zero-order valence-corrected chi connectivity index (χ0v) is 17.9. The SMILES string of the molecule is CC(c1cc2nc(C(F)(F)F)ccc2[nH]1)c1c(Cl)ccc(C(=O)N2CCOCC2)c1Cl. The molecule has 0 radical (unpaired) electrons. The van der Waals surface area contributed by atoms with Crippen LogP contribution in [0.1, 0.15) is 40.2 Å². The summed E-state index contributed by atoms with van der Waals surface area (Å²) in [6.45, 7) is 3.67. The number of hydrogen-bond donors (Lipinski definition) is 1. The summed E-state index contributed by atoms with van der Waals surface area (Å²) in [5.74, 6) is -0.632. The smallest absolute Gasteiger partial charge is 0.378 e. The summed E-state index contributed by atoms with van der Waals surface area (Å²) in [7, 11) is 0. The van der Waals surface area contributed by atoms with Gasteiger partial charge in [-0.25, -0.2) is 4.98 Å². The number of morpholine rings is 1. The van der Waals surface area contributed by atoms with E-state index in [4.69, 9.17) is 27.9 Å². The van der Waals surface area contributed by atoms with Crippen molar-refractivity contribution in [1.82, 2.24) is 14.9 Å². The third-order valence-electron chi connectivity index (χ3n) is 5.34. The molecule has 5 nitrogen and oxygen atoms in total. The number of alkyl halides is 3. The van der Waals surface area contributed by atoms with E-state index in [9.17, 15) is 18.0 Å². The molecule has 164 valence electrons. The van der Waals surface area contributed by atoms with Crippen LogP contribution in [-0.2, 0) is 10.9 Å². The lowest BCUT2D eigenvalue weighted by Crippen LogP contribution is -2.40. The normalized spacial score (nSPS) is 16.0. The van der Waals surface area contributed by atoms with Gasteiger partial charge in [0, 0.05) is 29.7 Å². The third-order valence-corrected chi connectivity index (χ3v) is 6.08. The van der Waals surface area contributed by atoms with Crippen LogP contribution in [-0.4, -0.2) is 47.1 Å². The topological polar surface area (TPSA) is 58.2 Å². The van der Waals surface area contributed by atoms with Crippen LogP contribution < -0.4 is 0 Å². The number of nitrogens with zero attached hydrogens (tertiary/aromatic N) is 2. The van der Waals surface area contributed by atoms with Gasteiger partial charge in [0.05, 0.1) is 34.8 Å². The summed E-state index contributed by atoms with van der Waals surface area (Å²) in [4.78, 5) is 21.4. The Balaban J connectivity index is 1.71. The Hall–Kier alpha value is -2.29. The van der Waals surface area contributed by atoms with E-state index in [0.29, 0.717) is 53.7 Å². The number of halogens is 5. The quantitative estimate of drug-likeness (QED) is 0.547. The van der Waals surface area contributed by atoms with E-state index in [1.807, 2.05) is 6.92 Å². The Kier molecular flexibility index (Phi) is 5.89. The second-order valence-electron chi connectivity index (χ2n) is 7.30. The molecule has 0 saturated carbocycles. The molecule has 1 unspecified atom stereocenters. The highest BCUT2D eigenvalue weighted by atomic mass is 35.5. The molecule has 0 spiro atoms. The molecule has 10 heteroatoms. The molecule has 3 aromatic rings. The maximum Gasteiger partial charge on any atom is 0.433 e. The van der Waals surface area contributed by atoms with Gasteiger partial charge in [0.2, 0.25) is 0 Å². The van der Waals surface area contributed by atoms with Gasteiger partial charge in [0.25, 0.3) is 5.91 Å². The number of hydrogen-bond acceptors (Lipinski definition) is 3. The molecule has 3 heterocycles. The lowest BCUT2D eigenvalue weighted by molar-refractivity contribution is -0.140. The van der Waals surface area contributed by atoms with Crippen LogP contribution in [0.3, 0.4) is 0 Å². The summed E-state index contributed by atoms with van der Waals surface area (Å²) < 4.78 is 44.2. The Morgan fingerprint density at radius 3 is 2.58 bits per heavy atom. The lowest BCUT2D eigenvalue weighted by atomic mass is 9.95. The Labute approximate surface area is 186 Å². The van der Waals surface area contributed by atoms with Crippen molar-refractivity contribution >= 4 is 40.1 Å². The first-order chi connectivity index (χ1) is 14.7. The molecule has 1 aromatic carbocycles. The first kappa shape index (κ1) is 21.9. The van der Waals surface area contributed by atoms with Gasteiger partial charge in [-0.1, -0.05) is 30.1 Å². The zero-order valence-electron chi connectivity index (χ0n) is 16.4. The number of amides is 1. The van der Waals surface area contributed by atoms with Crippen molar-refractivity contribution in [1.29, 1.82) is 0 Å². The van der Waals surface area contributed by atoms with Crippen LogP contribution in [0.25, 0.3) is 11.0 Å². The number of rotatable bonds is 3. The summed E-state index contributed by atoms with van der Waals surface area (Å²) in [6.07, 6.45) is -4.53. The monoisotopic (exact) mass is 471 g/mol. The third kappa shape index (κ3) is 4.24. The molecule has 1 N–H and O–H groups in total. The van der Waals surface area contributed by atoms with E-state index in [2.05, 4.69) is 9.97 Å². The second kappa shape index (κ2) is 8.33. The number of aromatic nitrogens is 2. The molecule has 4 rings (SSSR count). The van der Waals surface area contributed by atoms with Crippen LogP contribution in [0.2, 0.25) is 10.0 Å². The highest BCUT2D eigenvalue weighted by Crippen LogP contribution is 2.38. The van der Waals surface area contributed by atoms with Crippen LogP contribution in [0.4, 0.5) is 13.2 Å². The predicted octanol–water partition coefficient (Wildman–Crippen LogP) is 5.51. The van der Waals surface area contributed by atoms with E-state index >= 15 is 0 Å². The van der Waals surface area contributed by atoms with Gasteiger partial charge in [-0.2, -0.15) is 13.2 Å². The molecule has 1 aliphatic heterocycles. The number of H-pyrrole nitrogens is 1. The minimum Gasteiger partial charge on any atom is -0.378 e. The van der Waals surface area contributed by atoms with Crippen molar-refractivity contribution in [2.75, 3.05) is 26.3 Å². The number of carbonyl (C=O) groups is 1. The molecule has 2 aromatic heterocycles. The van der Waals surface area contributed by atoms with Crippen molar-refractivity contribution in [3.63, 3.8) is 0 Å². The van der Waals surface area contributed by atoms with Crippen LogP contribution in [0.5, 0.6) is 0 Å². The molecule has 0 bridgehead atoms. The molecule has 1 fully saturated rings. The highest BCUT2D eigenvalue weighted by molar-refractivity contribution is 6.38. The van der Waals surface area contributed by atoms with Gasteiger partial charge < -0.3 is 14.6 Å². The number of aromatic amines is 1. The lowest BCUT2D eigenvalue weighted by Gasteiger charge is -2.28. The van der Waals surface area contributed by atoms with E-state index < -0.39 is 17.8 Å². The molecule has 1 amide bonds. The minimum absolute atomic E-state index is 0.185. The standard InChI is InChI=1S/C21H18Cl2F3N3O2/c1-11(15-10-16-14(27-15)4-5-17(28-16)21(24,25)26)18-13(22)3-2-12(19(18)23)20(30)29-6-8-31-9-7-29/h2-5,10-11,27H,6-9H2,1H3. The number of nitrogens with one attached hydrogen (secondary N) is 1. The zero-order chi connectivity index (χ0) is 22.3. The molecular weight excluding hydrogens is 454 g/mol. The highest BCUT2D eigenvalue weighted by Gasteiger charge is 2.33. The summed E-state index contributed by atoms with van der Waals surface area (Å²) in [5, 5.41) is 0.581. The van der Waals surface area contributed by atoms with Crippen molar-refractivity contribution in [3.05, 3.63) is 62.9 Å². The van der Waals surface area contributed by atoms with Gasteiger partial charge in [-0.05, 0) is 35.9 Å². The van der Waals surface area contributed by atoms with Crippen LogP contribution >= 0.6 is 23.2 Å². The Morgan fingerprint density at radius 1 is 1.19 bits per heavy atom. The number of carbonyl (C=O) groups excluding carboxylic acids is 1. The number of pyridine rings is 1. The fraction of sp³-hybridized carbons (Fsp3) is 0.333. The van der Waals surface area contributed by atoms with Crippen molar-refractivity contribution < 1.29 is 22.7 Å². The Morgan fingerprint density at radius 2 is 1.90 bits per heavy atom. The predicted molar refractivity (Wildman–Crippen MR) is 112 cm³/mol.